The van der Waals surface area contributed by atoms with E-state index in [-0.39, 0.29) is 70.0 Å². The average Bonchev–Trinajstić information content (AvgIpc) is 3.23. The van der Waals surface area contributed by atoms with Crippen LogP contribution in [0.15, 0.2) is 24.3 Å². The summed E-state index contributed by atoms with van der Waals surface area (Å²) in [4.78, 5) is 54.0. The largest absolute Gasteiger partial charge is 0.465 e. The fourth-order valence-corrected chi connectivity index (χ4v) is 6.83. The molecule has 0 bridgehead atoms. The van der Waals surface area contributed by atoms with Crippen LogP contribution in [0.4, 0.5) is 0 Å². The number of carbonyl (C=O) groups excluding carboxylic acids is 4. The number of nitrogens with zero attached hydrogens (tertiary/aromatic N) is 1. The van der Waals surface area contributed by atoms with Gasteiger partial charge >= 0.3 is 23.9 Å². The van der Waals surface area contributed by atoms with Gasteiger partial charge in [0.1, 0.15) is 31.8 Å². The minimum atomic E-state index is -1.22. The number of rotatable bonds is 44. The van der Waals surface area contributed by atoms with E-state index in [9.17, 15) is 19.2 Å². The molecule has 60 heavy (non-hydrogen) atoms. The van der Waals surface area contributed by atoms with Crippen molar-refractivity contribution in [1.82, 2.24) is 4.90 Å². The van der Waals surface area contributed by atoms with Gasteiger partial charge < -0.3 is 23.8 Å². The Kier molecular flexibility index (Phi) is 41.1. The first-order chi connectivity index (χ1) is 29.2. The fraction of sp³-hybridized carbons (Fsp3) is 0.843. The highest BCUT2D eigenvalue weighted by molar-refractivity contribution is 5.71. The summed E-state index contributed by atoms with van der Waals surface area (Å²) in [6, 6.07) is 0. The van der Waals surface area contributed by atoms with Gasteiger partial charge in [-0.1, -0.05) is 161 Å². The van der Waals surface area contributed by atoms with Crippen LogP contribution in [-0.2, 0) is 38.1 Å². The third kappa shape index (κ3) is 39.5. The molecule has 9 nitrogen and oxygen atoms in total. The Hall–Kier alpha value is -2.68. The maximum atomic E-state index is 13.0. The predicted octanol–water partition coefficient (Wildman–Crippen LogP) is 13.4. The number of carbonyl (C=O) groups is 4. The lowest BCUT2D eigenvalue weighted by Gasteiger charge is -2.31. The van der Waals surface area contributed by atoms with Crippen molar-refractivity contribution in [3.8, 4) is 0 Å². The second kappa shape index (κ2) is 43.0. The molecule has 0 saturated heterocycles. The molecule has 0 aliphatic heterocycles. The molecule has 0 aromatic rings. The molecule has 0 spiro atoms. The number of ether oxygens (including phenoxy) is 4. The predicted molar refractivity (Wildman–Crippen MR) is 248 cm³/mol. The number of hydrogen-bond donors (Lipinski definition) is 0. The zero-order valence-corrected chi connectivity index (χ0v) is 39.7. The van der Waals surface area contributed by atoms with Crippen LogP contribution in [0, 0.1) is 5.41 Å². The molecule has 0 aromatic heterocycles. The van der Waals surface area contributed by atoms with E-state index >= 15 is 0 Å². The van der Waals surface area contributed by atoms with E-state index < -0.39 is 11.4 Å². The second-order valence-electron chi connectivity index (χ2n) is 17.5. The van der Waals surface area contributed by atoms with Crippen LogP contribution in [0.3, 0.4) is 0 Å². The van der Waals surface area contributed by atoms with Crippen molar-refractivity contribution in [1.29, 1.82) is 0 Å². The van der Waals surface area contributed by atoms with E-state index in [1.165, 1.54) is 64.2 Å². The van der Waals surface area contributed by atoms with Crippen LogP contribution in [-0.4, -0.2) is 75.8 Å². The molecule has 0 aromatic carbocycles. The number of esters is 4. The minimum Gasteiger partial charge on any atom is -0.465 e. The van der Waals surface area contributed by atoms with Crippen molar-refractivity contribution >= 4 is 23.9 Å². The minimum absolute atomic E-state index is 0.186. The molecule has 0 aliphatic rings. The Morgan fingerprint density at radius 3 is 0.950 bits per heavy atom. The van der Waals surface area contributed by atoms with Crippen LogP contribution >= 0.6 is 0 Å². The van der Waals surface area contributed by atoms with Gasteiger partial charge in [0.25, 0.3) is 0 Å². The first kappa shape index (κ1) is 57.3. The highest BCUT2D eigenvalue weighted by atomic mass is 16.6. The first-order valence-corrected chi connectivity index (χ1v) is 24.7. The summed E-state index contributed by atoms with van der Waals surface area (Å²) >= 11 is 0. The van der Waals surface area contributed by atoms with Gasteiger partial charge in [0.15, 0.2) is 0 Å². The molecule has 0 aliphatic carbocycles. The molecular formula is C51H93NO8. The maximum absolute atomic E-state index is 13.0. The van der Waals surface area contributed by atoms with Crippen molar-refractivity contribution in [3.63, 3.8) is 0 Å². The van der Waals surface area contributed by atoms with Crippen LogP contribution in [0.2, 0.25) is 0 Å². The van der Waals surface area contributed by atoms with Gasteiger partial charge in [0.05, 0.1) is 0 Å². The Labute approximate surface area is 368 Å². The quantitative estimate of drug-likeness (QED) is 0.0256. The molecule has 0 unspecified atom stereocenters. The zero-order valence-electron chi connectivity index (χ0n) is 39.7. The van der Waals surface area contributed by atoms with Crippen molar-refractivity contribution in [2.45, 2.75) is 226 Å². The van der Waals surface area contributed by atoms with Crippen molar-refractivity contribution in [2.75, 3.05) is 47.1 Å². The van der Waals surface area contributed by atoms with E-state index in [2.05, 4.69) is 45.1 Å². The number of unbranched alkanes of at least 4 members (excludes halogenated alkanes) is 22. The molecule has 0 radical (unpaired) electrons. The molecule has 9 heteroatoms. The van der Waals surface area contributed by atoms with E-state index in [0.717, 1.165) is 116 Å². The van der Waals surface area contributed by atoms with Gasteiger partial charge in [-0.05, 0) is 84.8 Å². The summed E-state index contributed by atoms with van der Waals surface area (Å²) in [5, 5.41) is 0. The van der Waals surface area contributed by atoms with Crippen LogP contribution in [0.25, 0.3) is 0 Å². The van der Waals surface area contributed by atoms with E-state index in [1.54, 1.807) is 0 Å². The Morgan fingerprint density at radius 1 is 0.367 bits per heavy atom. The SMILES string of the molecule is CCCC/C=C\CCCCCCCC(=O)OCC(COC(=O)CCCCCCC/C=C\CCCC)(COC(=O)CCCCCCCCCCC)COC(=O)CCCN(C)C. The molecule has 0 saturated carbocycles. The summed E-state index contributed by atoms with van der Waals surface area (Å²) in [7, 11) is 3.90. The fourth-order valence-electron chi connectivity index (χ4n) is 6.83. The summed E-state index contributed by atoms with van der Waals surface area (Å²) in [5.74, 6) is -1.48. The third-order valence-electron chi connectivity index (χ3n) is 10.9. The lowest BCUT2D eigenvalue weighted by Crippen LogP contribution is -2.44. The van der Waals surface area contributed by atoms with Gasteiger partial charge in [0.2, 0.25) is 0 Å². The molecule has 350 valence electrons. The monoisotopic (exact) mass is 848 g/mol. The smallest absolute Gasteiger partial charge is 0.305 e. The Balaban J connectivity index is 5.38. The molecular weight excluding hydrogens is 755 g/mol. The van der Waals surface area contributed by atoms with Crippen LogP contribution < -0.4 is 0 Å². The summed E-state index contributed by atoms with van der Waals surface area (Å²) in [6.45, 7) is 6.62. The van der Waals surface area contributed by atoms with E-state index in [4.69, 9.17) is 18.9 Å². The Bertz CT molecular complexity index is 1040. The highest BCUT2D eigenvalue weighted by Gasteiger charge is 2.38. The van der Waals surface area contributed by atoms with Crippen LogP contribution in [0.5, 0.6) is 0 Å². The normalized spacial score (nSPS) is 11.8. The molecule has 0 amide bonds. The van der Waals surface area contributed by atoms with Gasteiger partial charge in [-0.25, -0.2) is 0 Å². The molecule has 0 fully saturated rings. The van der Waals surface area contributed by atoms with Crippen molar-refractivity contribution in [2.24, 2.45) is 5.41 Å². The maximum Gasteiger partial charge on any atom is 0.305 e. The van der Waals surface area contributed by atoms with E-state index in [1.807, 2.05) is 19.0 Å². The Morgan fingerprint density at radius 2 is 0.633 bits per heavy atom. The standard InChI is InChI=1S/C51H93NO8/c1-6-9-12-15-18-21-23-26-29-32-35-39-48(54)58-44-51(46-60-50(56)41-37-42-52(4)5,43-57-47(53)38-34-31-28-25-20-17-14-11-8-3)45-59-49(55)40-36-33-30-27-24-22-19-16-13-10-7-2/h15-16,18-19H,6-14,17,20-46H2,1-5H3/b18-15-,19-16-. The van der Waals surface area contributed by atoms with E-state index in [0.29, 0.717) is 6.42 Å². The number of allylic oxidation sites excluding steroid dienone is 4. The molecule has 0 N–H and O–H groups in total. The number of hydrogen-bond acceptors (Lipinski definition) is 9. The third-order valence-corrected chi connectivity index (χ3v) is 10.9. The van der Waals surface area contributed by atoms with Gasteiger partial charge in [-0.15, -0.1) is 0 Å². The molecule has 0 heterocycles. The van der Waals surface area contributed by atoms with Gasteiger partial charge in [0, 0.05) is 25.7 Å². The lowest BCUT2D eigenvalue weighted by atomic mass is 9.92. The summed E-state index contributed by atoms with van der Waals surface area (Å²) in [6.07, 6.45) is 40.5. The van der Waals surface area contributed by atoms with Crippen molar-refractivity contribution in [3.05, 3.63) is 24.3 Å². The first-order valence-electron chi connectivity index (χ1n) is 24.7. The second-order valence-corrected chi connectivity index (χ2v) is 17.5. The average molecular weight is 848 g/mol. The highest BCUT2D eigenvalue weighted by Crippen LogP contribution is 2.24. The topological polar surface area (TPSA) is 108 Å². The molecule has 0 rings (SSSR count). The summed E-state index contributed by atoms with van der Waals surface area (Å²) < 4.78 is 23.2. The molecule has 0 atom stereocenters. The zero-order chi connectivity index (χ0) is 44.2. The lowest BCUT2D eigenvalue weighted by molar-refractivity contribution is -0.170. The summed E-state index contributed by atoms with van der Waals surface area (Å²) in [5.41, 5.74) is -1.22. The van der Waals surface area contributed by atoms with Crippen LogP contribution in [0.1, 0.15) is 226 Å². The van der Waals surface area contributed by atoms with Crippen molar-refractivity contribution < 1.29 is 38.1 Å². The van der Waals surface area contributed by atoms with Gasteiger partial charge in [-0.2, -0.15) is 0 Å². The van der Waals surface area contributed by atoms with Gasteiger partial charge in [-0.3, -0.25) is 19.2 Å².